The largest absolute Gasteiger partial charge is 0.394 e. The van der Waals surface area contributed by atoms with Gasteiger partial charge < -0.3 is 50.3 Å². The van der Waals surface area contributed by atoms with Gasteiger partial charge in [0.05, 0.1) is 13.2 Å². The van der Waals surface area contributed by atoms with Crippen molar-refractivity contribution in [3.05, 3.63) is 0 Å². The van der Waals surface area contributed by atoms with Crippen LogP contribution < -0.4 is 0 Å². The van der Waals surface area contributed by atoms with Gasteiger partial charge in [0, 0.05) is 6.42 Å². The Balaban J connectivity index is 2.99. The lowest BCUT2D eigenvalue weighted by molar-refractivity contribution is -0.325. The van der Waals surface area contributed by atoms with Crippen LogP contribution in [0.5, 0.6) is 0 Å². The highest BCUT2D eigenvalue weighted by Gasteiger charge is 2.47. The van der Waals surface area contributed by atoms with Crippen molar-refractivity contribution in [2.45, 2.75) is 81.3 Å². The summed E-state index contributed by atoms with van der Waals surface area (Å²) in [6.45, 7) is 0.201. The number of aliphatic hydroxyl groups excluding tert-OH is 8. The van der Waals surface area contributed by atoms with Crippen LogP contribution >= 0.6 is 0 Å². The Morgan fingerprint density at radius 2 is 1.70 bits per heavy atom. The number of rotatable bonds is 11. The average Bonchev–Trinajstić information content (AvgIpc) is 2.68. The molecule has 1 rings (SSSR count). The normalized spacial score (nSPS) is 33.3. The van der Waals surface area contributed by atoms with Gasteiger partial charge in [-0.05, 0) is 6.42 Å². The number of carbonyl (C=O) groups excluding carboxylic acids is 1. The summed E-state index contributed by atoms with van der Waals surface area (Å²) >= 11 is 0. The molecule has 1 heterocycles. The van der Waals surface area contributed by atoms with Gasteiger partial charge in [0.2, 0.25) is 0 Å². The maximum absolute atomic E-state index is 12.1. The quantitative estimate of drug-likeness (QED) is 0.169. The fourth-order valence-corrected chi connectivity index (χ4v) is 2.69. The molecule has 11 heteroatoms. The Labute approximate surface area is 156 Å². The first-order chi connectivity index (χ1) is 12.7. The highest BCUT2D eigenvalue weighted by Crippen LogP contribution is 2.25. The predicted octanol–water partition coefficient (Wildman–Crippen LogP) is -3.99. The summed E-state index contributed by atoms with van der Waals surface area (Å²) in [6.07, 6.45) is -14.6. The topological polar surface area (TPSA) is 197 Å². The van der Waals surface area contributed by atoms with Gasteiger partial charge in [-0.2, -0.15) is 0 Å². The fourth-order valence-electron chi connectivity index (χ4n) is 2.69. The molecule has 0 amide bonds. The molecule has 27 heavy (non-hydrogen) atoms. The number of ketones is 1. The van der Waals surface area contributed by atoms with Crippen LogP contribution in [0.25, 0.3) is 0 Å². The molecule has 1 aliphatic heterocycles. The lowest BCUT2D eigenvalue weighted by Gasteiger charge is -2.42. The Morgan fingerprint density at radius 1 is 1.07 bits per heavy atom. The molecule has 0 saturated carbocycles. The van der Waals surface area contributed by atoms with E-state index in [1.807, 2.05) is 6.92 Å². The maximum atomic E-state index is 12.1. The van der Waals surface area contributed by atoms with Crippen molar-refractivity contribution in [1.82, 2.24) is 0 Å². The van der Waals surface area contributed by atoms with Crippen LogP contribution in [0, 0.1) is 0 Å². The molecule has 1 saturated heterocycles. The molecule has 11 nitrogen and oxygen atoms in total. The molecule has 0 unspecified atom stereocenters. The van der Waals surface area contributed by atoms with E-state index in [0.29, 0.717) is 12.8 Å². The number of hydrogen-bond acceptors (Lipinski definition) is 11. The van der Waals surface area contributed by atoms with Gasteiger partial charge in [-0.3, -0.25) is 4.79 Å². The molecule has 0 bridgehead atoms. The lowest BCUT2D eigenvalue weighted by atomic mass is 9.96. The minimum Gasteiger partial charge on any atom is -0.394 e. The van der Waals surface area contributed by atoms with Crippen molar-refractivity contribution in [1.29, 1.82) is 0 Å². The Morgan fingerprint density at radius 3 is 2.22 bits per heavy atom. The van der Waals surface area contributed by atoms with E-state index in [1.54, 1.807) is 0 Å². The molecule has 0 spiro atoms. The third-order valence-electron chi connectivity index (χ3n) is 4.48. The highest BCUT2D eigenvalue weighted by molar-refractivity contribution is 5.83. The van der Waals surface area contributed by atoms with Gasteiger partial charge in [0.15, 0.2) is 12.1 Å². The van der Waals surface area contributed by atoms with Crippen molar-refractivity contribution in [3.63, 3.8) is 0 Å². The summed E-state index contributed by atoms with van der Waals surface area (Å²) in [5, 5.41) is 77.8. The monoisotopic (exact) mass is 398 g/mol. The third-order valence-corrected chi connectivity index (χ3v) is 4.48. The van der Waals surface area contributed by atoms with E-state index < -0.39 is 74.1 Å². The summed E-state index contributed by atoms with van der Waals surface area (Å²) in [5.41, 5.74) is 0. The van der Waals surface area contributed by atoms with E-state index >= 15 is 0 Å². The van der Waals surface area contributed by atoms with E-state index in [1.165, 1.54) is 0 Å². The zero-order valence-electron chi connectivity index (χ0n) is 15.0. The van der Waals surface area contributed by atoms with E-state index in [-0.39, 0.29) is 6.42 Å². The zero-order chi connectivity index (χ0) is 20.7. The molecule has 0 aliphatic carbocycles. The predicted molar refractivity (Wildman–Crippen MR) is 88.3 cm³/mol. The molecule has 0 aromatic heterocycles. The number of carbonyl (C=O) groups is 1. The molecule has 8 N–H and O–H groups in total. The Hall–Kier alpha value is -0.730. The smallest absolute Gasteiger partial charge is 0.187 e. The van der Waals surface area contributed by atoms with Gasteiger partial charge >= 0.3 is 0 Å². The van der Waals surface area contributed by atoms with Gasteiger partial charge in [0.25, 0.3) is 0 Å². The number of Topliss-reactive ketones (excluding diaryl/α,β-unsaturated/α-hetero) is 1. The molecule has 9 atom stereocenters. The highest BCUT2D eigenvalue weighted by atomic mass is 16.7. The van der Waals surface area contributed by atoms with E-state index in [2.05, 4.69) is 0 Å². The van der Waals surface area contributed by atoms with Crippen LogP contribution in [0.4, 0.5) is 0 Å². The Bertz CT molecular complexity index is 446. The summed E-state index contributed by atoms with van der Waals surface area (Å²) in [7, 11) is 0. The summed E-state index contributed by atoms with van der Waals surface area (Å²) < 4.78 is 10.4. The summed E-state index contributed by atoms with van der Waals surface area (Å²) in [6, 6.07) is 0. The van der Waals surface area contributed by atoms with Crippen LogP contribution in [0.2, 0.25) is 0 Å². The minimum atomic E-state index is -1.93. The third kappa shape index (κ3) is 6.12. The fraction of sp³-hybridized carbons (Fsp3) is 0.938. The number of hydrogen-bond donors (Lipinski definition) is 8. The van der Waals surface area contributed by atoms with Crippen molar-refractivity contribution < 1.29 is 55.1 Å². The summed E-state index contributed by atoms with van der Waals surface area (Å²) in [4.78, 5) is 12.1. The van der Waals surface area contributed by atoms with Crippen molar-refractivity contribution in [3.8, 4) is 0 Å². The van der Waals surface area contributed by atoms with Gasteiger partial charge in [-0.25, -0.2) is 0 Å². The van der Waals surface area contributed by atoms with Crippen molar-refractivity contribution >= 4 is 5.78 Å². The lowest BCUT2D eigenvalue weighted by Crippen LogP contribution is -2.61. The SMILES string of the molecule is CCCCC(=O)[C@H](O)[C@@H](O[C@@H]1O[C@H](CO)[C@@H](O)[C@H](O)[C@H]1O)[C@H](O)[C@H](O)CO. The van der Waals surface area contributed by atoms with Crippen LogP contribution in [0.1, 0.15) is 26.2 Å². The molecule has 1 aliphatic rings. The first-order valence-electron chi connectivity index (χ1n) is 8.83. The Kier molecular flexibility index (Phi) is 10.2. The van der Waals surface area contributed by atoms with Gasteiger partial charge in [-0.1, -0.05) is 13.3 Å². The van der Waals surface area contributed by atoms with Gasteiger partial charge in [-0.15, -0.1) is 0 Å². The van der Waals surface area contributed by atoms with Crippen LogP contribution in [-0.2, 0) is 14.3 Å². The van der Waals surface area contributed by atoms with Crippen LogP contribution in [-0.4, -0.2) is 115 Å². The standard InChI is InChI=1S/C16H30O11/c1-2-3-4-7(19)10(21)15(11(22)8(20)5-17)27-16-14(25)13(24)12(23)9(6-18)26-16/h8-18,20-25H,2-6H2,1H3/t8-,9-,10+,11-,12-,13+,14-,15-,16+/m1/s1. The van der Waals surface area contributed by atoms with Crippen LogP contribution in [0.3, 0.4) is 0 Å². The number of unbranched alkanes of at least 4 members (excludes halogenated alkanes) is 1. The average molecular weight is 398 g/mol. The molecule has 160 valence electrons. The van der Waals surface area contributed by atoms with E-state index in [0.717, 1.165) is 0 Å². The summed E-state index contributed by atoms with van der Waals surface area (Å²) in [5.74, 6) is -0.698. The molecule has 1 fully saturated rings. The number of aliphatic hydroxyl groups is 8. The molecular weight excluding hydrogens is 368 g/mol. The molecule has 0 radical (unpaired) electrons. The van der Waals surface area contributed by atoms with Gasteiger partial charge in [0.1, 0.15) is 48.8 Å². The van der Waals surface area contributed by atoms with E-state index in [9.17, 15) is 40.5 Å². The maximum Gasteiger partial charge on any atom is 0.187 e. The molecule has 0 aromatic rings. The second-order valence-corrected chi connectivity index (χ2v) is 6.55. The second kappa shape index (κ2) is 11.3. The minimum absolute atomic E-state index is 0.0336. The first kappa shape index (κ1) is 24.3. The zero-order valence-corrected chi connectivity index (χ0v) is 15.0. The van der Waals surface area contributed by atoms with Crippen molar-refractivity contribution in [2.75, 3.05) is 13.2 Å². The second-order valence-electron chi connectivity index (χ2n) is 6.55. The van der Waals surface area contributed by atoms with Crippen molar-refractivity contribution in [2.24, 2.45) is 0 Å². The molecule has 0 aromatic carbocycles. The molecular formula is C16H30O11. The number of ether oxygens (including phenoxy) is 2. The van der Waals surface area contributed by atoms with Crippen LogP contribution in [0.15, 0.2) is 0 Å². The van der Waals surface area contributed by atoms with E-state index in [4.69, 9.17) is 14.6 Å². The first-order valence-corrected chi connectivity index (χ1v) is 8.83.